The monoisotopic (exact) mass is 526 g/mol. The molecule has 0 aromatic heterocycles. The van der Waals surface area contributed by atoms with Crippen molar-refractivity contribution >= 4 is 35.7 Å². The van der Waals surface area contributed by atoms with Crippen LogP contribution in [0.3, 0.4) is 0 Å². The Labute approximate surface area is 222 Å². The van der Waals surface area contributed by atoms with Crippen molar-refractivity contribution in [1.82, 2.24) is 0 Å². The highest BCUT2D eigenvalue weighted by Crippen LogP contribution is 2.38. The van der Waals surface area contributed by atoms with E-state index in [-0.39, 0.29) is 18.4 Å². The van der Waals surface area contributed by atoms with E-state index in [9.17, 15) is 18.4 Å². The largest absolute Gasteiger partial charge is 0.498 e. The molecule has 1 saturated heterocycles. The van der Waals surface area contributed by atoms with E-state index in [1.54, 1.807) is 31.2 Å². The lowest BCUT2D eigenvalue weighted by atomic mass is 9.78. The van der Waals surface area contributed by atoms with E-state index in [2.05, 4.69) is 5.10 Å². The number of hydrogen-bond donors (Lipinski definition) is 0. The molecule has 1 amide bonds. The lowest BCUT2D eigenvalue weighted by Gasteiger charge is -2.32. The number of alkyl halides is 2. The molecule has 1 unspecified atom stereocenters. The number of nitrogens with zero attached hydrogens (tertiary/aromatic N) is 2. The number of methoxy groups -OCH3 is 1. The Morgan fingerprint density at radius 2 is 1.79 bits per heavy atom. The molecule has 2 aromatic rings. The fourth-order valence-electron chi connectivity index (χ4n) is 4.55. The van der Waals surface area contributed by atoms with Gasteiger partial charge >= 0.3 is 7.12 Å². The van der Waals surface area contributed by atoms with Gasteiger partial charge in [0.2, 0.25) is 0 Å². The van der Waals surface area contributed by atoms with Gasteiger partial charge < -0.3 is 14.0 Å². The molecule has 38 heavy (non-hydrogen) atoms. The fraction of sp³-hybridized carbons (Fsp3) is 0.464. The molecule has 2 aromatic carbocycles. The number of hydrogen-bond acceptors (Lipinski definition) is 6. The van der Waals surface area contributed by atoms with Gasteiger partial charge in [-0.3, -0.25) is 9.59 Å². The Bertz CT molecular complexity index is 1280. The Balaban J connectivity index is 1.57. The second-order valence-electron chi connectivity index (χ2n) is 10.7. The summed E-state index contributed by atoms with van der Waals surface area (Å²) in [6.07, 6.45) is -0.505. The fourth-order valence-corrected chi connectivity index (χ4v) is 4.55. The van der Waals surface area contributed by atoms with Gasteiger partial charge in [-0.25, -0.2) is 8.78 Å². The second kappa shape index (κ2) is 9.89. The number of rotatable bonds is 8. The standard InChI is InChI=1S/C28H33BF2N2O5/c1-8-28(30,31)19-11-9-10-18(14-19)15-22(34)24-17(2)32-33(25(24)35)20-12-13-23(36-7)21(16-20)29-37-26(3,4)27(5,6)38-29/h9-14,16,24H,8,15H2,1-7H3. The Morgan fingerprint density at radius 3 is 2.39 bits per heavy atom. The molecule has 202 valence electrons. The molecule has 1 atom stereocenters. The van der Waals surface area contributed by atoms with Crippen LogP contribution in [-0.2, 0) is 31.2 Å². The predicted molar refractivity (Wildman–Crippen MR) is 142 cm³/mol. The van der Waals surface area contributed by atoms with Gasteiger partial charge in [0.25, 0.3) is 11.8 Å². The summed E-state index contributed by atoms with van der Waals surface area (Å²) in [5.41, 5.74) is 0.478. The summed E-state index contributed by atoms with van der Waals surface area (Å²) >= 11 is 0. The smallest absolute Gasteiger partial charge is 0.497 e. The van der Waals surface area contributed by atoms with Crippen LogP contribution in [0, 0.1) is 5.92 Å². The summed E-state index contributed by atoms with van der Waals surface area (Å²) < 4.78 is 46.2. The minimum absolute atomic E-state index is 0.150. The number of ether oxygens (including phenoxy) is 1. The van der Waals surface area contributed by atoms with Crippen molar-refractivity contribution in [2.24, 2.45) is 11.0 Å². The topological polar surface area (TPSA) is 77.4 Å². The van der Waals surface area contributed by atoms with Crippen molar-refractivity contribution in [3.05, 3.63) is 53.6 Å². The van der Waals surface area contributed by atoms with Crippen LogP contribution < -0.4 is 15.2 Å². The maximum absolute atomic E-state index is 14.2. The van der Waals surface area contributed by atoms with Crippen molar-refractivity contribution in [2.45, 2.75) is 71.5 Å². The Hall–Kier alpha value is -3.11. The highest BCUT2D eigenvalue weighted by atomic mass is 19.3. The highest BCUT2D eigenvalue weighted by molar-refractivity contribution is 6.63. The molecular weight excluding hydrogens is 493 g/mol. The lowest BCUT2D eigenvalue weighted by molar-refractivity contribution is -0.128. The molecule has 0 aliphatic carbocycles. The first kappa shape index (κ1) is 27.9. The first-order valence-electron chi connectivity index (χ1n) is 12.6. The van der Waals surface area contributed by atoms with Crippen LogP contribution >= 0.6 is 0 Å². The summed E-state index contributed by atoms with van der Waals surface area (Å²) in [4.78, 5) is 26.6. The zero-order valence-electron chi connectivity index (χ0n) is 22.8. The highest BCUT2D eigenvalue weighted by Gasteiger charge is 2.52. The van der Waals surface area contributed by atoms with Crippen LogP contribution in [0.4, 0.5) is 14.5 Å². The van der Waals surface area contributed by atoms with Crippen molar-refractivity contribution in [3.8, 4) is 5.75 Å². The van der Waals surface area contributed by atoms with E-state index >= 15 is 0 Å². The SMILES string of the molecule is CCC(F)(F)c1cccc(CC(=O)C2C(=O)N(c3ccc(OC)c(B4OC(C)(C)C(C)(C)O4)c3)N=C2C)c1. The average Bonchev–Trinajstić information content (AvgIpc) is 3.28. The predicted octanol–water partition coefficient (Wildman–Crippen LogP) is 4.65. The number of anilines is 1. The van der Waals surface area contributed by atoms with Crippen LogP contribution in [0.1, 0.15) is 59.1 Å². The van der Waals surface area contributed by atoms with E-state index in [4.69, 9.17) is 14.0 Å². The molecule has 2 aliphatic heterocycles. The lowest BCUT2D eigenvalue weighted by Crippen LogP contribution is -2.41. The van der Waals surface area contributed by atoms with Crippen molar-refractivity contribution in [2.75, 3.05) is 12.1 Å². The molecule has 0 bridgehead atoms. The quantitative estimate of drug-likeness (QED) is 0.370. The number of hydrazone groups is 1. The maximum Gasteiger partial charge on any atom is 0.498 e. The zero-order chi connectivity index (χ0) is 28.0. The van der Waals surface area contributed by atoms with Crippen LogP contribution in [-0.4, -0.2) is 42.8 Å². The molecule has 2 aliphatic rings. The molecule has 1 fully saturated rings. The Morgan fingerprint density at radius 1 is 1.13 bits per heavy atom. The minimum Gasteiger partial charge on any atom is -0.497 e. The summed E-state index contributed by atoms with van der Waals surface area (Å²) in [5, 5.41) is 5.56. The van der Waals surface area contributed by atoms with Crippen LogP contribution in [0.5, 0.6) is 5.75 Å². The van der Waals surface area contributed by atoms with Gasteiger partial charge in [-0.15, -0.1) is 0 Å². The van der Waals surface area contributed by atoms with Crippen molar-refractivity contribution in [1.29, 1.82) is 0 Å². The molecule has 0 N–H and O–H groups in total. The molecule has 10 heteroatoms. The molecule has 7 nitrogen and oxygen atoms in total. The summed E-state index contributed by atoms with van der Waals surface area (Å²) in [7, 11) is 0.802. The van der Waals surface area contributed by atoms with E-state index in [0.717, 1.165) is 0 Å². The number of ketones is 1. The van der Waals surface area contributed by atoms with E-state index in [0.29, 0.717) is 28.2 Å². The van der Waals surface area contributed by atoms with Gasteiger partial charge in [-0.2, -0.15) is 10.1 Å². The summed E-state index contributed by atoms with van der Waals surface area (Å²) in [5.74, 6) is -4.48. The number of amides is 1. The van der Waals surface area contributed by atoms with Crippen LogP contribution in [0.25, 0.3) is 0 Å². The molecule has 0 radical (unpaired) electrons. The number of carbonyl (C=O) groups excluding carboxylic acids is 2. The third-order valence-corrected chi connectivity index (χ3v) is 7.59. The molecule has 2 heterocycles. The van der Waals surface area contributed by atoms with Gasteiger partial charge in [0.15, 0.2) is 5.78 Å². The summed E-state index contributed by atoms with van der Waals surface area (Å²) in [6.45, 7) is 10.8. The van der Waals surface area contributed by atoms with Crippen LogP contribution in [0.2, 0.25) is 0 Å². The van der Waals surface area contributed by atoms with Gasteiger partial charge in [0.05, 0.1) is 29.7 Å². The van der Waals surface area contributed by atoms with Crippen molar-refractivity contribution in [3.63, 3.8) is 0 Å². The molecule has 0 saturated carbocycles. The maximum atomic E-state index is 14.2. The third kappa shape index (κ3) is 4.99. The number of Topliss-reactive ketones (excluding diaryl/α,β-unsaturated/α-hetero) is 1. The normalized spacial score (nSPS) is 20.6. The van der Waals surface area contributed by atoms with Gasteiger partial charge in [-0.1, -0.05) is 25.1 Å². The van der Waals surface area contributed by atoms with Gasteiger partial charge in [0.1, 0.15) is 11.7 Å². The van der Waals surface area contributed by atoms with Crippen molar-refractivity contribution < 1.29 is 32.4 Å². The average molecular weight is 526 g/mol. The second-order valence-corrected chi connectivity index (χ2v) is 10.7. The first-order valence-corrected chi connectivity index (χ1v) is 12.6. The van der Waals surface area contributed by atoms with E-state index < -0.39 is 41.9 Å². The van der Waals surface area contributed by atoms with Crippen LogP contribution in [0.15, 0.2) is 47.6 Å². The zero-order valence-corrected chi connectivity index (χ0v) is 22.8. The van der Waals surface area contributed by atoms with E-state index in [1.807, 2.05) is 27.7 Å². The summed E-state index contributed by atoms with van der Waals surface area (Å²) in [6, 6.07) is 10.9. The number of carbonyl (C=O) groups is 2. The van der Waals surface area contributed by atoms with Gasteiger partial charge in [-0.05, 0) is 64.4 Å². The molecule has 0 spiro atoms. The third-order valence-electron chi connectivity index (χ3n) is 7.59. The van der Waals surface area contributed by atoms with E-state index in [1.165, 1.54) is 37.2 Å². The number of benzene rings is 2. The minimum atomic E-state index is -2.99. The van der Waals surface area contributed by atoms with Gasteiger partial charge in [0, 0.05) is 23.9 Å². The molecular formula is C28H33BF2N2O5. The first-order chi connectivity index (χ1) is 17.7. The Kier molecular flexibility index (Phi) is 7.27. The number of halogens is 2. The molecule has 4 rings (SSSR count).